The molecule has 2 unspecified atom stereocenters. The summed E-state index contributed by atoms with van der Waals surface area (Å²) < 4.78 is 26.3. The number of fused-ring (bicyclic) bond motifs is 4. The maximum absolute atomic E-state index is 12.6. The molecule has 8 fully saturated rings. The van der Waals surface area contributed by atoms with Crippen LogP contribution in [0.2, 0.25) is 0 Å². The molecule has 5 aliphatic carbocycles. The van der Waals surface area contributed by atoms with Crippen LogP contribution in [0.4, 0.5) is 0 Å². The third-order valence-electron chi connectivity index (χ3n) is 17.0. The molecule has 3 N–H and O–H groups in total. The van der Waals surface area contributed by atoms with Crippen LogP contribution in [0.1, 0.15) is 107 Å². The summed E-state index contributed by atoms with van der Waals surface area (Å²) in [5.74, 6) is 2.64. The molecule has 0 aromatic rings. The van der Waals surface area contributed by atoms with Crippen LogP contribution >= 0.6 is 0 Å². The number of ether oxygens (including phenoxy) is 4. The topological polar surface area (TPSA) is 92.7 Å². The lowest BCUT2D eigenvalue weighted by Crippen LogP contribution is -2.60. The molecule has 0 aromatic heterocycles. The first-order valence-electron chi connectivity index (χ1n) is 20.0. The molecule has 3 aliphatic heterocycles. The molecule has 0 radical (unpaired) electrons. The molecule has 3 saturated heterocycles. The van der Waals surface area contributed by atoms with Crippen LogP contribution in [-0.2, 0) is 18.9 Å². The molecular formula is C40H68N2O6. The maximum atomic E-state index is 12.6. The van der Waals surface area contributed by atoms with Gasteiger partial charge in [0, 0.05) is 44.7 Å². The number of rotatable bonds is 8. The van der Waals surface area contributed by atoms with Crippen LogP contribution in [0.25, 0.3) is 0 Å². The summed E-state index contributed by atoms with van der Waals surface area (Å²) in [6.45, 7) is 24.7. The molecule has 8 heteroatoms. The highest BCUT2D eigenvalue weighted by atomic mass is 16.7. The van der Waals surface area contributed by atoms with E-state index in [1.54, 1.807) is 0 Å². The van der Waals surface area contributed by atoms with E-state index in [4.69, 9.17) is 18.9 Å². The van der Waals surface area contributed by atoms with Crippen molar-refractivity contribution in [2.24, 2.45) is 56.7 Å². The molecule has 8 rings (SSSR count). The molecule has 14 atom stereocenters. The maximum Gasteiger partial charge on any atom is 0.170 e. The van der Waals surface area contributed by atoms with Crippen LogP contribution in [0.5, 0.6) is 0 Å². The number of hydrogen-bond donors (Lipinski definition) is 3. The van der Waals surface area contributed by atoms with E-state index < -0.39 is 17.8 Å². The second kappa shape index (κ2) is 11.6. The first-order valence-corrected chi connectivity index (χ1v) is 20.0. The molecule has 8 nitrogen and oxygen atoms in total. The van der Waals surface area contributed by atoms with Crippen molar-refractivity contribution in [3.63, 3.8) is 0 Å². The van der Waals surface area contributed by atoms with Gasteiger partial charge < -0.3 is 34.5 Å². The Hall–Kier alpha value is -0.320. The van der Waals surface area contributed by atoms with Gasteiger partial charge in [-0.3, -0.25) is 4.90 Å². The van der Waals surface area contributed by atoms with Gasteiger partial charge in [-0.1, -0.05) is 34.6 Å². The molecule has 2 spiro atoms. The lowest BCUT2D eigenvalue weighted by Gasteiger charge is -2.64. The smallest absolute Gasteiger partial charge is 0.170 e. The second-order valence-corrected chi connectivity index (χ2v) is 19.8. The summed E-state index contributed by atoms with van der Waals surface area (Å²) in [6.07, 6.45) is 8.20. The molecule has 8 aliphatic rings. The minimum Gasteiger partial charge on any atom is -0.390 e. The molecule has 0 amide bonds. The predicted octanol–water partition coefficient (Wildman–Crippen LogP) is 5.24. The van der Waals surface area contributed by atoms with Gasteiger partial charge in [-0.15, -0.1) is 0 Å². The molecule has 274 valence electrons. The van der Waals surface area contributed by atoms with Crippen molar-refractivity contribution in [2.75, 3.05) is 45.9 Å². The fourth-order valence-corrected chi connectivity index (χ4v) is 14.6. The molecule has 5 saturated carbocycles. The first-order chi connectivity index (χ1) is 22.6. The zero-order valence-electron chi connectivity index (χ0n) is 31.4. The Kier molecular flexibility index (Phi) is 8.39. The van der Waals surface area contributed by atoms with Crippen LogP contribution in [0.15, 0.2) is 0 Å². The van der Waals surface area contributed by atoms with Gasteiger partial charge in [0.1, 0.15) is 6.10 Å². The van der Waals surface area contributed by atoms with Gasteiger partial charge >= 0.3 is 0 Å². The lowest BCUT2D eigenvalue weighted by atomic mass is 9.41. The monoisotopic (exact) mass is 673 g/mol. The Balaban J connectivity index is 1.01. The zero-order valence-corrected chi connectivity index (χ0v) is 31.4. The number of morpholine rings is 1. The number of aliphatic hydroxyl groups is 2. The van der Waals surface area contributed by atoms with Gasteiger partial charge in [0.15, 0.2) is 6.29 Å². The summed E-state index contributed by atoms with van der Waals surface area (Å²) in [5, 5.41) is 27.1. The van der Waals surface area contributed by atoms with Crippen molar-refractivity contribution in [3.05, 3.63) is 0 Å². The largest absolute Gasteiger partial charge is 0.390 e. The Morgan fingerprint density at radius 1 is 1.02 bits per heavy atom. The highest BCUT2D eigenvalue weighted by molar-refractivity contribution is 5.33. The molecule has 48 heavy (non-hydrogen) atoms. The minimum atomic E-state index is -1.01. The van der Waals surface area contributed by atoms with E-state index in [0.717, 1.165) is 58.1 Å². The third-order valence-corrected chi connectivity index (χ3v) is 17.0. The predicted molar refractivity (Wildman–Crippen MR) is 185 cm³/mol. The van der Waals surface area contributed by atoms with E-state index >= 15 is 0 Å². The van der Waals surface area contributed by atoms with Gasteiger partial charge in [-0.25, -0.2) is 0 Å². The quantitative estimate of drug-likeness (QED) is 0.323. The third kappa shape index (κ3) is 4.74. The Morgan fingerprint density at radius 2 is 1.75 bits per heavy atom. The normalized spacial score (nSPS) is 52.2. The van der Waals surface area contributed by atoms with E-state index in [1.807, 2.05) is 20.8 Å². The zero-order chi connectivity index (χ0) is 34.1. The van der Waals surface area contributed by atoms with Crippen LogP contribution in [0, 0.1) is 56.7 Å². The summed E-state index contributed by atoms with van der Waals surface area (Å²) >= 11 is 0. The second-order valence-electron chi connectivity index (χ2n) is 19.8. The molecule has 0 aromatic carbocycles. The lowest BCUT2D eigenvalue weighted by molar-refractivity contribution is -0.249. The molecule has 3 heterocycles. The standard InChI is InChI=1S/C40H68N2O6/c1-9-45-34(36(5,6)44)26-18-24(2)31-32(47-26)33(43)38(8)28-11-10-27-35(3,4)29(12-13-39(27)23-40(28,39)15-14-37(31,38)7)48-30-22-42(16-17-46-30)21-25-19-41-20-25/h24-34,41,43-44H,9-23H2,1-8H3/t24-,26?,27+,28-,29+,30+,31+,32?,33+,34+,37-,38-,39-,40+/m1/s1. The van der Waals surface area contributed by atoms with Gasteiger partial charge in [-0.05, 0) is 123 Å². The fourth-order valence-electron chi connectivity index (χ4n) is 14.6. The summed E-state index contributed by atoms with van der Waals surface area (Å²) in [5.41, 5.74) is -0.397. The number of nitrogens with zero attached hydrogens (tertiary/aromatic N) is 1. The van der Waals surface area contributed by atoms with Gasteiger partial charge in [0.25, 0.3) is 0 Å². The van der Waals surface area contributed by atoms with E-state index in [9.17, 15) is 10.2 Å². The summed E-state index contributed by atoms with van der Waals surface area (Å²) in [7, 11) is 0. The van der Waals surface area contributed by atoms with Crippen molar-refractivity contribution in [1.82, 2.24) is 10.2 Å². The van der Waals surface area contributed by atoms with E-state index in [2.05, 4.69) is 44.8 Å². The minimum absolute atomic E-state index is 0.0272. The Labute approximate surface area is 290 Å². The van der Waals surface area contributed by atoms with Gasteiger partial charge in [0.2, 0.25) is 0 Å². The number of nitrogens with one attached hydrogen (secondary N) is 1. The highest BCUT2D eigenvalue weighted by Gasteiger charge is 2.84. The number of hydrogen-bond acceptors (Lipinski definition) is 8. The van der Waals surface area contributed by atoms with E-state index in [0.29, 0.717) is 41.1 Å². The van der Waals surface area contributed by atoms with Crippen molar-refractivity contribution >= 4 is 0 Å². The SMILES string of the molecule is CCO[C@@H](C1C[C@@H](C)[C@H]2C(O1)[C@H](O)[C@@]1(C)[C@H]3CC[C@H]4C(C)(C)[C@@H](O[C@H]5CN(CC6CNC6)CCO5)CC[C@@]45C[C@@]35CC[C@]21C)C(C)(C)O. The van der Waals surface area contributed by atoms with Crippen molar-refractivity contribution in [2.45, 2.75) is 149 Å². The van der Waals surface area contributed by atoms with E-state index in [-0.39, 0.29) is 40.8 Å². The first kappa shape index (κ1) is 34.7. The Bertz CT molecular complexity index is 1220. The summed E-state index contributed by atoms with van der Waals surface area (Å²) in [6, 6.07) is 0. The van der Waals surface area contributed by atoms with Gasteiger partial charge in [-0.2, -0.15) is 0 Å². The summed E-state index contributed by atoms with van der Waals surface area (Å²) in [4.78, 5) is 2.57. The fraction of sp³-hybridized carbons (Fsp3) is 1.00. The van der Waals surface area contributed by atoms with Crippen molar-refractivity contribution in [1.29, 1.82) is 0 Å². The van der Waals surface area contributed by atoms with Crippen molar-refractivity contribution < 1.29 is 29.2 Å². The number of aliphatic hydroxyl groups excluding tert-OH is 1. The van der Waals surface area contributed by atoms with Crippen molar-refractivity contribution in [3.8, 4) is 0 Å². The molecule has 0 bridgehead atoms. The average Bonchev–Trinajstić information content (AvgIpc) is 3.63. The highest BCUT2D eigenvalue weighted by Crippen LogP contribution is 2.89. The van der Waals surface area contributed by atoms with Crippen LogP contribution in [-0.4, -0.2) is 103 Å². The Morgan fingerprint density at radius 3 is 2.44 bits per heavy atom. The van der Waals surface area contributed by atoms with Crippen LogP contribution < -0.4 is 5.32 Å². The van der Waals surface area contributed by atoms with Crippen LogP contribution in [0.3, 0.4) is 0 Å². The van der Waals surface area contributed by atoms with E-state index in [1.165, 1.54) is 38.5 Å². The molecular weight excluding hydrogens is 604 g/mol. The average molecular weight is 673 g/mol. The van der Waals surface area contributed by atoms with Gasteiger partial charge in [0.05, 0.1) is 36.6 Å².